The maximum Gasteiger partial charge on any atom is 0.311 e. The number of carbonyl (C=O) groups excluding carboxylic acids is 3. The van der Waals surface area contributed by atoms with E-state index in [4.69, 9.17) is 27.9 Å². The van der Waals surface area contributed by atoms with Crippen LogP contribution in [-0.4, -0.2) is 22.4 Å². The first-order chi connectivity index (χ1) is 16.2. The van der Waals surface area contributed by atoms with Gasteiger partial charge >= 0.3 is 5.97 Å². The smallest absolute Gasteiger partial charge is 0.311 e. The van der Waals surface area contributed by atoms with Crippen molar-refractivity contribution < 1.29 is 19.1 Å². The number of esters is 1. The van der Waals surface area contributed by atoms with Crippen LogP contribution in [0.15, 0.2) is 47.3 Å². The fourth-order valence-electron chi connectivity index (χ4n) is 3.56. The molecule has 0 spiro atoms. The van der Waals surface area contributed by atoms with E-state index in [-0.39, 0.29) is 24.3 Å². The van der Waals surface area contributed by atoms with Crippen LogP contribution in [0.4, 0.5) is 5.69 Å². The minimum absolute atomic E-state index is 0.0685. The lowest BCUT2D eigenvalue weighted by atomic mass is 10.1. The number of imide groups is 1. The molecule has 3 rings (SSSR count). The van der Waals surface area contributed by atoms with E-state index in [9.17, 15) is 19.2 Å². The van der Waals surface area contributed by atoms with Crippen LogP contribution in [0.25, 0.3) is 10.9 Å². The van der Waals surface area contributed by atoms with Crippen molar-refractivity contribution in [1.29, 1.82) is 0 Å². The lowest BCUT2D eigenvalue weighted by Crippen LogP contribution is -2.41. The van der Waals surface area contributed by atoms with Crippen molar-refractivity contribution in [2.45, 2.75) is 39.5 Å². The Morgan fingerprint density at radius 1 is 0.941 bits per heavy atom. The molecule has 3 aromatic rings. The monoisotopic (exact) mass is 502 g/mol. The molecule has 0 bridgehead atoms. The van der Waals surface area contributed by atoms with E-state index in [2.05, 4.69) is 0 Å². The van der Waals surface area contributed by atoms with Crippen molar-refractivity contribution in [1.82, 2.24) is 4.57 Å². The number of anilines is 1. The Balaban J connectivity index is 2.32. The third-order valence-electron chi connectivity index (χ3n) is 5.20. The summed E-state index contributed by atoms with van der Waals surface area (Å²) in [6, 6.07) is 10.8. The number of aryl methyl sites for hydroxylation is 1. The standard InChI is InChI=1S/C25H24Cl2N2O5/c1-4-6-20(30)29(17-11-8-15(26)9-12-17)25(33)22-23(34-21(31)7-5-2)18-14-16(27)10-13-19(18)28(3)24(22)32/h8-14H,4-7H2,1-3H3. The third kappa shape index (κ3) is 5.16. The Hall–Kier alpha value is -3.16. The van der Waals surface area contributed by atoms with Crippen LogP contribution in [0.1, 0.15) is 49.9 Å². The highest BCUT2D eigenvalue weighted by atomic mass is 35.5. The lowest BCUT2D eigenvalue weighted by Gasteiger charge is -2.23. The number of hydrogen-bond donors (Lipinski definition) is 0. The second-order valence-electron chi connectivity index (χ2n) is 7.71. The fourth-order valence-corrected chi connectivity index (χ4v) is 3.86. The van der Waals surface area contributed by atoms with E-state index in [0.717, 1.165) is 4.90 Å². The molecule has 34 heavy (non-hydrogen) atoms. The summed E-state index contributed by atoms with van der Waals surface area (Å²) in [5, 5.41) is 1.06. The molecule has 1 heterocycles. The van der Waals surface area contributed by atoms with Crippen LogP contribution in [-0.2, 0) is 16.6 Å². The third-order valence-corrected chi connectivity index (χ3v) is 5.68. The van der Waals surface area contributed by atoms with Crippen molar-refractivity contribution in [2.75, 3.05) is 4.90 Å². The van der Waals surface area contributed by atoms with E-state index in [1.54, 1.807) is 26.0 Å². The molecule has 0 aliphatic carbocycles. The van der Waals surface area contributed by atoms with Crippen LogP contribution in [0, 0.1) is 0 Å². The molecule has 2 amide bonds. The predicted octanol–water partition coefficient (Wildman–Crippen LogP) is 5.52. The molecule has 0 unspecified atom stereocenters. The summed E-state index contributed by atoms with van der Waals surface area (Å²) >= 11 is 12.2. The average molecular weight is 503 g/mol. The second kappa shape index (κ2) is 10.8. The molecule has 0 saturated carbocycles. The molecular formula is C25H24Cl2N2O5. The Morgan fingerprint density at radius 3 is 2.18 bits per heavy atom. The number of benzene rings is 2. The number of ether oxygens (including phenoxy) is 1. The summed E-state index contributed by atoms with van der Waals surface area (Å²) in [6.07, 6.45) is 1.15. The molecule has 0 atom stereocenters. The Labute approximate surface area is 206 Å². The van der Waals surface area contributed by atoms with Gasteiger partial charge in [0.05, 0.1) is 11.2 Å². The second-order valence-corrected chi connectivity index (χ2v) is 8.59. The molecule has 1 aromatic heterocycles. The van der Waals surface area contributed by atoms with Gasteiger partial charge in [0.2, 0.25) is 5.91 Å². The van der Waals surface area contributed by atoms with Gasteiger partial charge in [-0.1, -0.05) is 37.0 Å². The summed E-state index contributed by atoms with van der Waals surface area (Å²) < 4.78 is 6.83. The SMILES string of the molecule is CCCC(=O)Oc1c(C(=O)N(C(=O)CCC)c2ccc(Cl)cc2)c(=O)n(C)c2ccc(Cl)cc12. The number of nitrogens with zero attached hydrogens (tertiary/aromatic N) is 2. The summed E-state index contributed by atoms with van der Waals surface area (Å²) in [7, 11) is 1.49. The quantitative estimate of drug-likeness (QED) is 0.396. The van der Waals surface area contributed by atoms with Crippen molar-refractivity contribution in [3.05, 3.63) is 68.4 Å². The molecule has 0 fully saturated rings. The maximum atomic E-state index is 13.8. The molecule has 0 N–H and O–H groups in total. The van der Waals surface area contributed by atoms with Crippen molar-refractivity contribution >= 4 is 57.6 Å². The minimum Gasteiger partial charge on any atom is -0.425 e. The van der Waals surface area contributed by atoms with Gasteiger partial charge in [0, 0.05) is 35.3 Å². The molecule has 2 aromatic carbocycles. The van der Waals surface area contributed by atoms with Gasteiger partial charge in [0.15, 0.2) is 5.75 Å². The maximum absolute atomic E-state index is 13.8. The first-order valence-electron chi connectivity index (χ1n) is 10.8. The number of fused-ring (bicyclic) bond motifs is 1. The normalized spacial score (nSPS) is 10.9. The largest absolute Gasteiger partial charge is 0.425 e. The molecule has 0 aliphatic heterocycles. The van der Waals surface area contributed by atoms with E-state index in [0.29, 0.717) is 33.8 Å². The molecule has 9 heteroatoms. The molecule has 0 saturated heterocycles. The highest BCUT2D eigenvalue weighted by Gasteiger charge is 2.32. The predicted molar refractivity (Wildman–Crippen MR) is 133 cm³/mol. The zero-order valence-corrected chi connectivity index (χ0v) is 20.6. The number of pyridine rings is 1. The van der Waals surface area contributed by atoms with E-state index in [1.807, 2.05) is 0 Å². The fraction of sp³-hybridized carbons (Fsp3) is 0.280. The number of aromatic nitrogens is 1. The van der Waals surface area contributed by atoms with Crippen LogP contribution in [0.5, 0.6) is 5.75 Å². The molecule has 0 aliphatic rings. The van der Waals surface area contributed by atoms with E-state index in [1.165, 1.54) is 41.9 Å². The number of hydrogen-bond acceptors (Lipinski definition) is 5. The highest BCUT2D eigenvalue weighted by molar-refractivity contribution is 6.32. The molecule has 178 valence electrons. The number of amides is 2. The summed E-state index contributed by atoms with van der Waals surface area (Å²) in [4.78, 5) is 53.6. The topological polar surface area (TPSA) is 85.7 Å². The van der Waals surface area contributed by atoms with Gasteiger partial charge in [-0.05, 0) is 55.3 Å². The van der Waals surface area contributed by atoms with Crippen LogP contribution in [0.3, 0.4) is 0 Å². The minimum atomic E-state index is -0.900. The zero-order chi connectivity index (χ0) is 25.0. The Morgan fingerprint density at radius 2 is 1.56 bits per heavy atom. The van der Waals surface area contributed by atoms with Gasteiger partial charge in [-0.2, -0.15) is 0 Å². The van der Waals surface area contributed by atoms with Gasteiger partial charge < -0.3 is 9.30 Å². The van der Waals surface area contributed by atoms with E-state index < -0.39 is 28.9 Å². The molecule has 0 radical (unpaired) electrons. The Bertz CT molecular complexity index is 1320. The van der Waals surface area contributed by atoms with Gasteiger partial charge in [-0.3, -0.25) is 19.2 Å². The van der Waals surface area contributed by atoms with Crippen molar-refractivity contribution in [2.24, 2.45) is 7.05 Å². The summed E-state index contributed by atoms with van der Waals surface area (Å²) in [5.74, 6) is -2.23. The van der Waals surface area contributed by atoms with Gasteiger partial charge in [0.1, 0.15) is 5.56 Å². The highest BCUT2D eigenvalue weighted by Crippen LogP contribution is 2.32. The van der Waals surface area contributed by atoms with Crippen LogP contribution >= 0.6 is 23.2 Å². The number of halogens is 2. The first kappa shape index (κ1) is 25.5. The lowest BCUT2D eigenvalue weighted by molar-refractivity contribution is -0.134. The van der Waals surface area contributed by atoms with E-state index >= 15 is 0 Å². The van der Waals surface area contributed by atoms with Crippen LogP contribution in [0.2, 0.25) is 10.0 Å². The number of rotatable bonds is 7. The van der Waals surface area contributed by atoms with Crippen molar-refractivity contribution in [3.63, 3.8) is 0 Å². The first-order valence-corrected chi connectivity index (χ1v) is 11.6. The zero-order valence-electron chi connectivity index (χ0n) is 19.1. The van der Waals surface area contributed by atoms with Gasteiger partial charge in [-0.25, -0.2) is 4.90 Å². The summed E-state index contributed by atoms with van der Waals surface area (Å²) in [6.45, 7) is 3.61. The average Bonchev–Trinajstić information content (AvgIpc) is 2.79. The van der Waals surface area contributed by atoms with Crippen molar-refractivity contribution in [3.8, 4) is 5.75 Å². The molecular weight excluding hydrogens is 479 g/mol. The van der Waals surface area contributed by atoms with Gasteiger partial charge in [0.25, 0.3) is 11.5 Å². The summed E-state index contributed by atoms with van der Waals surface area (Å²) in [5.41, 5.74) is -0.474. The van der Waals surface area contributed by atoms with Gasteiger partial charge in [-0.15, -0.1) is 0 Å². The number of carbonyl (C=O) groups is 3. The molecule has 7 nitrogen and oxygen atoms in total. The Kier molecular flexibility index (Phi) is 8.12. The van der Waals surface area contributed by atoms with Crippen LogP contribution < -0.4 is 15.2 Å².